The smallest absolute Gasteiger partial charge is 0.341 e. The molecule has 0 spiro atoms. The van der Waals surface area contributed by atoms with Crippen LogP contribution in [0.15, 0.2) is 84.9 Å². The van der Waals surface area contributed by atoms with Crippen LogP contribution in [0, 0.1) is 0 Å². The fourth-order valence-electron chi connectivity index (χ4n) is 6.67. The summed E-state index contributed by atoms with van der Waals surface area (Å²) in [6.07, 6.45) is 9.53. The van der Waals surface area contributed by atoms with Crippen LogP contribution in [0.3, 0.4) is 0 Å². The van der Waals surface area contributed by atoms with Crippen LogP contribution in [-0.4, -0.2) is 102 Å². The molecule has 0 fully saturated rings. The van der Waals surface area contributed by atoms with Gasteiger partial charge in [-0.3, -0.25) is 0 Å². The fourth-order valence-corrected chi connectivity index (χ4v) is 7.75. The molecule has 0 saturated carbocycles. The zero-order valence-electron chi connectivity index (χ0n) is 42.0. The highest BCUT2D eigenvalue weighted by molar-refractivity contribution is 14.1. The van der Waals surface area contributed by atoms with Crippen LogP contribution in [0.4, 0.5) is 35.2 Å². The fraction of sp³-hybridized carbons (Fsp3) is 0.385. The number of methoxy groups -OCH3 is 2. The van der Waals surface area contributed by atoms with Gasteiger partial charge in [-0.05, 0) is 121 Å². The average Bonchev–Trinajstić information content (AvgIpc) is 3.40. The molecule has 8 rings (SSSR count). The third kappa shape index (κ3) is 20.3. The van der Waals surface area contributed by atoms with Crippen molar-refractivity contribution in [2.45, 2.75) is 78.3 Å². The van der Waals surface area contributed by atoms with Gasteiger partial charge in [0.05, 0.1) is 40.6 Å². The molecule has 20 nitrogen and oxygen atoms in total. The number of aromatic nitrogens is 6. The Kier molecular flexibility index (Phi) is 25.5. The lowest BCUT2D eigenvalue weighted by atomic mass is 10.1. The summed E-state index contributed by atoms with van der Waals surface area (Å²) < 4.78 is 35.0. The van der Waals surface area contributed by atoms with E-state index in [1.54, 1.807) is 48.5 Å². The monoisotopic (exact) mass is 1240 g/mol. The number of esters is 2. The number of phenolic OH excluding ortho intramolecular Hbond substituents is 2. The molecule has 4 heterocycles. The van der Waals surface area contributed by atoms with Crippen LogP contribution in [0.1, 0.15) is 97.1 Å². The van der Waals surface area contributed by atoms with E-state index in [2.05, 4.69) is 101 Å². The van der Waals surface area contributed by atoms with Crippen molar-refractivity contribution in [2.75, 3.05) is 70.8 Å². The third-order valence-electron chi connectivity index (χ3n) is 10.4. The number of rotatable bonds is 16. The molecule has 22 heteroatoms. The summed E-state index contributed by atoms with van der Waals surface area (Å²) in [6, 6.07) is 24.5. The SMILES string of the molecule is CCOc1nc(NCc2ccc(O)cc2)nc(Nc2ccc(C(=O)OC)c(O)c2)n1.CCOc1nc2nc(n1)Nc1ccc(C(=O)OC)c(c1)OCCCCCCOc1ccc(cc1)CN2.ICCCCCCI. The molecule has 0 aliphatic carbocycles. The number of benzene rings is 4. The van der Waals surface area contributed by atoms with Crippen molar-refractivity contribution in [3.05, 3.63) is 107 Å². The van der Waals surface area contributed by atoms with Gasteiger partial charge >= 0.3 is 24.0 Å². The maximum Gasteiger partial charge on any atom is 0.341 e. The predicted molar refractivity (Wildman–Crippen MR) is 301 cm³/mol. The van der Waals surface area contributed by atoms with Crippen LogP contribution in [0.5, 0.6) is 35.0 Å². The molecule has 0 saturated heterocycles. The Labute approximate surface area is 458 Å². The van der Waals surface area contributed by atoms with Gasteiger partial charge in [0, 0.05) is 36.6 Å². The number of carbonyl (C=O) groups excluding carboxylic acids is 2. The quantitative estimate of drug-likeness (QED) is 0.0228. The second-order valence-corrected chi connectivity index (χ2v) is 18.2. The van der Waals surface area contributed by atoms with Crippen molar-refractivity contribution >= 4 is 92.3 Å². The lowest BCUT2D eigenvalue weighted by Crippen LogP contribution is -2.10. The van der Waals surface area contributed by atoms with Gasteiger partial charge in [0.15, 0.2) is 0 Å². The van der Waals surface area contributed by atoms with Crippen molar-refractivity contribution in [1.29, 1.82) is 0 Å². The summed E-state index contributed by atoms with van der Waals surface area (Å²) in [7, 11) is 2.58. The van der Waals surface area contributed by atoms with Gasteiger partial charge in [-0.2, -0.15) is 29.9 Å². The predicted octanol–water partition coefficient (Wildman–Crippen LogP) is 11.0. The van der Waals surface area contributed by atoms with Crippen LogP contribution in [-0.2, 0) is 22.6 Å². The second kappa shape index (κ2) is 32.5. The summed E-state index contributed by atoms with van der Waals surface area (Å²) in [5, 5.41) is 31.8. The number of ether oxygens (including phenoxy) is 6. The van der Waals surface area contributed by atoms with Gasteiger partial charge in [0.25, 0.3) is 0 Å². The summed E-state index contributed by atoms with van der Waals surface area (Å²) in [4.78, 5) is 49.7. The second-order valence-electron chi connectivity index (χ2n) is 16.0. The average molecular weight is 1240 g/mol. The number of aromatic hydroxyl groups is 2. The number of nitrogens with zero attached hydrogens (tertiary/aromatic N) is 6. The van der Waals surface area contributed by atoms with Crippen LogP contribution in [0.25, 0.3) is 0 Å². The highest BCUT2D eigenvalue weighted by Gasteiger charge is 2.17. The largest absolute Gasteiger partial charge is 0.508 e. The van der Waals surface area contributed by atoms with Crippen molar-refractivity contribution in [3.8, 4) is 35.0 Å². The van der Waals surface area contributed by atoms with E-state index in [-0.39, 0.29) is 41.0 Å². The first-order valence-electron chi connectivity index (χ1n) is 24.2. The number of alkyl halides is 2. The standard InChI is InChI=1S/C26H31N5O5.C20H21N5O5.C6H12I2/c1-3-34-26-30-24-27-17-18-8-11-20(12-9-18)35-14-6-4-5-7-15-36-22-16-19(28-25(29-24)31-26)10-13-21(22)23(32)33-2;1-3-30-20-24-18(21-11-12-4-7-14(26)8-5-12)23-19(25-20)22-13-6-9-15(16(27)10-13)17(28)29-2;7-5-3-1-2-4-6-8/h8-13,16H,3-7,14-15,17H2,1-2H3,(H2,27,28,29,30,31);4-10,26-27H,3,11H2,1-2H3,(H2,21,22,23,24,25);1-6H2. The lowest BCUT2D eigenvalue weighted by Gasteiger charge is -2.14. The maximum absolute atomic E-state index is 12.3. The van der Waals surface area contributed by atoms with E-state index >= 15 is 0 Å². The van der Waals surface area contributed by atoms with E-state index in [0.717, 1.165) is 42.6 Å². The van der Waals surface area contributed by atoms with Gasteiger partial charge in [0.2, 0.25) is 23.8 Å². The van der Waals surface area contributed by atoms with Crippen LogP contribution >= 0.6 is 45.2 Å². The molecule has 74 heavy (non-hydrogen) atoms. The number of hydrogen-bond acceptors (Lipinski definition) is 20. The Balaban J connectivity index is 0.000000242. The van der Waals surface area contributed by atoms with E-state index in [1.807, 2.05) is 38.1 Å². The minimum Gasteiger partial charge on any atom is -0.508 e. The van der Waals surface area contributed by atoms with Gasteiger partial charge in [-0.25, -0.2) is 9.59 Å². The number of halogens is 2. The van der Waals surface area contributed by atoms with Gasteiger partial charge in [-0.1, -0.05) is 82.3 Å². The molecule has 6 aromatic rings. The Morgan fingerprint density at radius 3 is 1.93 bits per heavy atom. The highest BCUT2D eigenvalue weighted by Crippen LogP contribution is 2.28. The molecular formula is C52H64I2N10O10. The molecule has 4 aromatic carbocycles. The first kappa shape index (κ1) is 58.2. The van der Waals surface area contributed by atoms with Gasteiger partial charge in [0.1, 0.15) is 34.1 Å². The molecule has 2 aromatic heterocycles. The first-order chi connectivity index (χ1) is 36.0. The molecule has 2 aliphatic heterocycles. The van der Waals surface area contributed by atoms with Gasteiger partial charge in [-0.15, -0.1) is 0 Å². The third-order valence-corrected chi connectivity index (χ3v) is 11.9. The molecule has 6 bridgehead atoms. The molecular weight excluding hydrogens is 1180 g/mol. The Hall–Kier alpha value is -6.70. The van der Waals surface area contributed by atoms with E-state index in [9.17, 15) is 19.8 Å². The molecule has 6 N–H and O–H groups in total. The number of fused-ring (bicyclic) bond motifs is 10. The topological polar surface area (TPSA) is 255 Å². The van der Waals surface area contributed by atoms with Crippen molar-refractivity contribution < 1.29 is 48.2 Å². The number of carbonyl (C=O) groups is 2. The highest BCUT2D eigenvalue weighted by atomic mass is 127. The summed E-state index contributed by atoms with van der Waals surface area (Å²) in [5.74, 6) is 1.24. The minimum absolute atomic E-state index is 0.0463. The van der Waals surface area contributed by atoms with E-state index in [4.69, 9.17) is 23.7 Å². The molecule has 0 amide bonds. The van der Waals surface area contributed by atoms with Crippen LogP contribution < -0.4 is 40.2 Å². The normalized spacial score (nSPS) is 12.1. The van der Waals surface area contributed by atoms with Crippen molar-refractivity contribution in [3.63, 3.8) is 0 Å². The van der Waals surface area contributed by atoms with Crippen LogP contribution in [0.2, 0.25) is 0 Å². The molecule has 0 unspecified atom stereocenters. The number of anilines is 6. The molecule has 0 atom stereocenters. The van der Waals surface area contributed by atoms with E-state index in [0.29, 0.717) is 74.1 Å². The zero-order valence-corrected chi connectivity index (χ0v) is 46.3. The summed E-state index contributed by atoms with van der Waals surface area (Å²) in [5.41, 5.74) is 3.48. The Bertz CT molecular complexity index is 2650. The van der Waals surface area contributed by atoms with E-state index < -0.39 is 11.9 Å². The first-order valence-corrected chi connectivity index (χ1v) is 27.3. The van der Waals surface area contributed by atoms with Crippen molar-refractivity contribution in [1.82, 2.24) is 29.9 Å². The zero-order chi connectivity index (χ0) is 52.9. The number of nitrogens with one attached hydrogen (secondary N) is 4. The van der Waals surface area contributed by atoms with E-state index in [1.165, 1.54) is 60.9 Å². The summed E-state index contributed by atoms with van der Waals surface area (Å²) in [6.45, 7) is 6.52. The maximum atomic E-state index is 12.3. The Morgan fingerprint density at radius 1 is 0.662 bits per heavy atom. The molecule has 0 radical (unpaired) electrons. The minimum atomic E-state index is -0.640. The molecule has 396 valence electrons. The lowest BCUT2D eigenvalue weighted by molar-refractivity contribution is 0.0587. The van der Waals surface area contributed by atoms with Crippen molar-refractivity contribution in [2.24, 2.45) is 0 Å². The van der Waals surface area contributed by atoms with Gasteiger partial charge < -0.3 is 59.9 Å². The summed E-state index contributed by atoms with van der Waals surface area (Å²) >= 11 is 4.87. The number of phenols is 2. The number of hydrogen-bond donors (Lipinski definition) is 6. The molecule has 2 aliphatic rings. The Morgan fingerprint density at radius 2 is 1.28 bits per heavy atom. The number of unbranched alkanes of at least 4 members (excludes halogenated alkanes) is 3.